The maximum absolute atomic E-state index is 12.4. The van der Waals surface area contributed by atoms with E-state index in [0.717, 1.165) is 16.9 Å². The van der Waals surface area contributed by atoms with E-state index >= 15 is 0 Å². The van der Waals surface area contributed by atoms with Crippen molar-refractivity contribution in [2.24, 2.45) is 0 Å². The van der Waals surface area contributed by atoms with Gasteiger partial charge in [-0.3, -0.25) is 10.1 Å². The lowest BCUT2D eigenvalue weighted by Gasteiger charge is -2.09. The minimum Gasteiger partial charge on any atom is -0.489 e. The van der Waals surface area contributed by atoms with Crippen LogP contribution in [0.1, 0.15) is 31.3 Å². The summed E-state index contributed by atoms with van der Waals surface area (Å²) in [5.74, 6) is -0.184. The highest BCUT2D eigenvalue weighted by molar-refractivity contribution is 7.80. The van der Waals surface area contributed by atoms with Gasteiger partial charge in [0.05, 0.1) is 12.8 Å². The van der Waals surface area contributed by atoms with Gasteiger partial charge in [-0.25, -0.2) is 9.78 Å². The summed E-state index contributed by atoms with van der Waals surface area (Å²) < 4.78 is 10.4. The molecule has 0 saturated carbocycles. The maximum Gasteiger partial charge on any atom is 0.350 e. The number of aryl methyl sites for hydroxylation is 1. The van der Waals surface area contributed by atoms with E-state index in [1.165, 1.54) is 7.11 Å². The number of nitrogens with one attached hydrogen (secondary N) is 2. The molecule has 0 radical (unpaired) electrons. The van der Waals surface area contributed by atoms with Gasteiger partial charge < -0.3 is 14.8 Å². The summed E-state index contributed by atoms with van der Waals surface area (Å²) in [6, 6.07) is 16.6. The molecule has 1 heterocycles. The first kappa shape index (κ1) is 21.4. The molecule has 30 heavy (non-hydrogen) atoms. The van der Waals surface area contributed by atoms with Crippen molar-refractivity contribution in [2.75, 3.05) is 12.4 Å². The van der Waals surface area contributed by atoms with Gasteiger partial charge in [0.1, 0.15) is 17.2 Å². The van der Waals surface area contributed by atoms with Gasteiger partial charge in [0.2, 0.25) is 0 Å². The van der Waals surface area contributed by atoms with E-state index < -0.39 is 5.97 Å². The van der Waals surface area contributed by atoms with Crippen molar-refractivity contribution in [1.29, 1.82) is 0 Å². The van der Waals surface area contributed by atoms with Crippen LogP contribution in [-0.4, -0.2) is 29.1 Å². The van der Waals surface area contributed by atoms with Gasteiger partial charge >= 0.3 is 5.97 Å². The molecule has 0 atom stereocenters. The third-order valence-electron chi connectivity index (χ3n) is 3.98. The molecule has 0 fully saturated rings. The van der Waals surface area contributed by atoms with Crippen LogP contribution in [-0.2, 0) is 11.3 Å². The molecule has 1 amide bonds. The number of ether oxygens (including phenoxy) is 2. The maximum atomic E-state index is 12.4. The number of carbonyl (C=O) groups excluding carboxylic acids is 2. The highest BCUT2D eigenvalue weighted by Gasteiger charge is 2.17. The largest absolute Gasteiger partial charge is 0.489 e. The molecule has 3 rings (SSSR count). The molecular weight excluding hydrogens is 422 g/mol. The number of anilines is 1. The quantitative estimate of drug-likeness (QED) is 0.442. The summed E-state index contributed by atoms with van der Waals surface area (Å²) in [5, 5.41) is 5.86. The van der Waals surface area contributed by atoms with Crippen molar-refractivity contribution in [3.05, 3.63) is 76.3 Å². The number of methoxy groups -OCH3 is 1. The lowest BCUT2D eigenvalue weighted by atomic mass is 10.2. The Morgan fingerprint density at radius 1 is 1.10 bits per heavy atom. The van der Waals surface area contributed by atoms with Crippen LogP contribution >= 0.6 is 23.6 Å². The molecule has 0 unspecified atom stereocenters. The second-order valence-electron chi connectivity index (χ2n) is 6.13. The van der Waals surface area contributed by atoms with Crippen molar-refractivity contribution in [3.63, 3.8) is 0 Å². The first-order chi connectivity index (χ1) is 14.5. The molecule has 7 nitrogen and oxygen atoms in total. The first-order valence-corrected chi connectivity index (χ1v) is 10.1. The van der Waals surface area contributed by atoms with E-state index in [0.29, 0.717) is 33.6 Å². The molecule has 2 N–H and O–H groups in total. The number of hydrogen-bond donors (Lipinski definition) is 2. The molecule has 0 aliphatic carbocycles. The molecule has 3 aromatic rings. The van der Waals surface area contributed by atoms with Crippen LogP contribution < -0.4 is 15.4 Å². The van der Waals surface area contributed by atoms with Crippen molar-refractivity contribution in [2.45, 2.75) is 13.5 Å². The Hall–Kier alpha value is -3.30. The number of nitrogens with zero attached hydrogens (tertiary/aromatic N) is 1. The van der Waals surface area contributed by atoms with Crippen LogP contribution in [0.3, 0.4) is 0 Å². The van der Waals surface area contributed by atoms with Crippen LogP contribution in [0.4, 0.5) is 5.13 Å². The van der Waals surface area contributed by atoms with E-state index in [-0.39, 0.29) is 11.0 Å². The summed E-state index contributed by atoms with van der Waals surface area (Å²) in [7, 11) is 1.30. The average Bonchev–Trinajstić information content (AvgIpc) is 3.12. The Balaban J connectivity index is 1.54. The van der Waals surface area contributed by atoms with Gasteiger partial charge in [0.25, 0.3) is 5.91 Å². The number of thiazole rings is 1. The molecule has 2 aromatic carbocycles. The SMILES string of the molecule is COC(=O)c1sc(NC(=S)NC(=O)c2ccc(OCc3ccccc3)cc2)nc1C. The monoisotopic (exact) mass is 441 g/mol. The second-order valence-corrected chi connectivity index (χ2v) is 7.54. The third kappa shape index (κ3) is 5.62. The van der Waals surface area contributed by atoms with Crippen LogP contribution in [0.25, 0.3) is 0 Å². The zero-order valence-corrected chi connectivity index (χ0v) is 17.9. The van der Waals surface area contributed by atoms with Gasteiger partial charge in [-0.2, -0.15) is 0 Å². The fraction of sp³-hybridized carbons (Fsp3) is 0.143. The van der Waals surface area contributed by atoms with Gasteiger partial charge in [-0.05, 0) is 49.0 Å². The predicted octanol–water partition coefficient (Wildman–Crippen LogP) is 3.94. The van der Waals surface area contributed by atoms with E-state index in [2.05, 4.69) is 15.6 Å². The van der Waals surface area contributed by atoms with Crippen molar-refractivity contribution in [3.8, 4) is 5.75 Å². The van der Waals surface area contributed by atoms with E-state index in [4.69, 9.17) is 21.7 Å². The fourth-order valence-corrected chi connectivity index (χ4v) is 3.62. The molecule has 154 valence electrons. The Kier molecular flexibility index (Phi) is 7.10. The van der Waals surface area contributed by atoms with Crippen molar-refractivity contribution >= 4 is 45.7 Å². The number of amides is 1. The number of hydrogen-bond acceptors (Lipinski definition) is 7. The topological polar surface area (TPSA) is 89.6 Å². The molecular formula is C21H19N3O4S2. The zero-order chi connectivity index (χ0) is 21.5. The Labute approximate surface area is 183 Å². The van der Waals surface area contributed by atoms with E-state index in [9.17, 15) is 9.59 Å². The predicted molar refractivity (Wildman–Crippen MR) is 119 cm³/mol. The van der Waals surface area contributed by atoms with Crippen LogP contribution in [0.15, 0.2) is 54.6 Å². The standard InChI is InChI=1S/C21H19N3O4S2/c1-13-17(19(26)27-2)30-21(22-13)24-20(29)23-18(25)15-8-10-16(11-9-15)28-12-14-6-4-3-5-7-14/h3-11H,12H2,1-2H3,(H2,22,23,24,25,29). The molecule has 0 bridgehead atoms. The number of aromatic nitrogens is 1. The lowest BCUT2D eigenvalue weighted by molar-refractivity contribution is 0.0605. The third-order valence-corrected chi connectivity index (χ3v) is 5.24. The molecule has 9 heteroatoms. The highest BCUT2D eigenvalue weighted by Crippen LogP contribution is 2.23. The first-order valence-electron chi connectivity index (χ1n) is 8.91. The molecule has 1 aromatic heterocycles. The molecule has 0 aliphatic heterocycles. The number of rotatable bonds is 6. The second kappa shape index (κ2) is 9.95. The normalized spacial score (nSPS) is 10.2. The Bertz CT molecular complexity index is 1050. The summed E-state index contributed by atoms with van der Waals surface area (Å²) in [6.07, 6.45) is 0. The van der Waals surface area contributed by atoms with Gasteiger partial charge in [-0.1, -0.05) is 41.7 Å². The van der Waals surface area contributed by atoms with Crippen molar-refractivity contribution < 1.29 is 19.1 Å². The highest BCUT2D eigenvalue weighted by atomic mass is 32.1. The van der Waals surface area contributed by atoms with Gasteiger partial charge in [0.15, 0.2) is 10.2 Å². The number of benzene rings is 2. The molecule has 0 aliphatic rings. The van der Waals surface area contributed by atoms with Crippen LogP contribution in [0.5, 0.6) is 5.75 Å². The number of carbonyl (C=O) groups is 2. The Morgan fingerprint density at radius 3 is 2.47 bits per heavy atom. The minimum atomic E-state index is -0.470. The summed E-state index contributed by atoms with van der Waals surface area (Å²) in [4.78, 5) is 28.6. The molecule has 0 saturated heterocycles. The lowest BCUT2D eigenvalue weighted by Crippen LogP contribution is -2.34. The zero-order valence-electron chi connectivity index (χ0n) is 16.3. The van der Waals surface area contributed by atoms with E-state index in [1.807, 2.05) is 30.3 Å². The van der Waals surface area contributed by atoms with Crippen LogP contribution in [0.2, 0.25) is 0 Å². The Morgan fingerprint density at radius 2 is 1.80 bits per heavy atom. The number of thiocarbonyl (C=S) groups is 1. The number of esters is 1. The van der Waals surface area contributed by atoms with Gasteiger partial charge in [-0.15, -0.1) is 0 Å². The summed E-state index contributed by atoms with van der Waals surface area (Å²) >= 11 is 6.26. The fourth-order valence-electron chi connectivity index (χ4n) is 2.48. The summed E-state index contributed by atoms with van der Waals surface area (Å²) in [5.41, 5.74) is 2.01. The minimum absolute atomic E-state index is 0.0783. The van der Waals surface area contributed by atoms with Crippen molar-refractivity contribution in [1.82, 2.24) is 10.3 Å². The average molecular weight is 442 g/mol. The van der Waals surface area contributed by atoms with Gasteiger partial charge in [0, 0.05) is 5.56 Å². The molecule has 0 spiro atoms. The summed E-state index contributed by atoms with van der Waals surface area (Å²) in [6.45, 7) is 2.14. The van der Waals surface area contributed by atoms with E-state index in [1.54, 1.807) is 31.2 Å². The smallest absolute Gasteiger partial charge is 0.350 e. The van der Waals surface area contributed by atoms with Crippen LogP contribution in [0, 0.1) is 6.92 Å².